The number of nitrogens with two attached hydrogens (primary N) is 1. The monoisotopic (exact) mass is 634 g/mol. The molecule has 46 heavy (non-hydrogen) atoms. The number of nitrogens with zero attached hydrogens (tertiary/aromatic N) is 6. The van der Waals surface area contributed by atoms with Crippen LogP contribution in [0.3, 0.4) is 0 Å². The number of nitrogens with one attached hydrogen (secondary N) is 1. The number of rotatable bonds is 6. The molecule has 3 N–H and O–H groups in total. The Morgan fingerprint density at radius 3 is 2.48 bits per heavy atom. The van der Waals surface area contributed by atoms with Crippen molar-refractivity contribution in [1.29, 1.82) is 0 Å². The van der Waals surface area contributed by atoms with Crippen LogP contribution in [0.1, 0.15) is 41.1 Å². The summed E-state index contributed by atoms with van der Waals surface area (Å²) in [6.45, 7) is 6.78. The molecule has 1 saturated heterocycles. The predicted octanol–water partition coefficient (Wildman–Crippen LogP) is 4.85. The number of hydrogen-bond donors (Lipinski definition) is 2. The number of anilines is 3. The molecule has 0 bridgehead atoms. The largest absolute Gasteiger partial charge is 0.378 e. The number of hydrogen-bond acceptors (Lipinski definition) is 10. The Bertz CT molecular complexity index is 1920. The first-order valence-corrected chi connectivity index (χ1v) is 16.2. The van der Waals surface area contributed by atoms with Gasteiger partial charge in [0.05, 0.1) is 35.5 Å². The second-order valence-corrected chi connectivity index (χ2v) is 12.7. The van der Waals surface area contributed by atoms with Crippen molar-refractivity contribution < 1.29 is 14.3 Å². The van der Waals surface area contributed by atoms with Gasteiger partial charge in [-0.3, -0.25) is 9.59 Å². The third kappa shape index (κ3) is 5.88. The van der Waals surface area contributed by atoms with E-state index >= 15 is 0 Å². The molecule has 12 heteroatoms. The SMILES string of the molecule is CC(=O)N1c2ccc(-c3ccc(C(=O)NCc4cc5nc(-c6cnc(N)nc6)nc(N6CCOCC6)c5s4)cc3)cc2CC[C@@H]1C. The highest BCUT2D eigenvalue weighted by molar-refractivity contribution is 7.19. The molecular formula is C34H34N8O3S. The minimum absolute atomic E-state index is 0.0655. The number of aromatic nitrogens is 4. The van der Waals surface area contributed by atoms with Crippen LogP contribution in [0, 0.1) is 0 Å². The van der Waals surface area contributed by atoms with Crippen LogP contribution < -0.4 is 20.9 Å². The number of nitrogen functional groups attached to an aromatic ring is 1. The fourth-order valence-electron chi connectivity index (χ4n) is 6.12. The molecule has 2 aliphatic heterocycles. The zero-order chi connectivity index (χ0) is 31.8. The van der Waals surface area contributed by atoms with Crippen LogP contribution in [-0.2, 0) is 22.5 Å². The summed E-state index contributed by atoms with van der Waals surface area (Å²) in [6.07, 6.45) is 5.12. The van der Waals surface area contributed by atoms with E-state index in [1.165, 1.54) is 5.56 Å². The summed E-state index contributed by atoms with van der Waals surface area (Å²) in [5.41, 5.74) is 12.0. The number of morpholine rings is 1. The van der Waals surface area contributed by atoms with Crippen LogP contribution in [0.5, 0.6) is 0 Å². The molecular weight excluding hydrogens is 600 g/mol. The first kappa shape index (κ1) is 29.8. The Kier molecular flexibility index (Phi) is 8.05. The normalized spacial score (nSPS) is 16.3. The zero-order valence-electron chi connectivity index (χ0n) is 25.7. The van der Waals surface area contributed by atoms with Crippen molar-refractivity contribution in [2.24, 2.45) is 0 Å². The summed E-state index contributed by atoms with van der Waals surface area (Å²) >= 11 is 1.58. The van der Waals surface area contributed by atoms with Crippen molar-refractivity contribution in [3.05, 3.63) is 76.9 Å². The van der Waals surface area contributed by atoms with Gasteiger partial charge in [0, 0.05) is 54.6 Å². The standard InChI is InChI=1S/C34H34N8O3S/c1-20-3-4-25-15-24(9-10-29(25)42(20)21(2)43)22-5-7-23(8-6-22)33(44)36-19-27-16-28-30(46-27)32(41-11-13-45-14-12-41)40-31(39-28)26-17-37-34(35)38-18-26/h5-10,15-18,20H,3-4,11-14,19H2,1-2H3,(H,36,44)(H2,35,37,38)/t20-/m0/s1. The van der Waals surface area contributed by atoms with Crippen molar-refractivity contribution >= 4 is 50.8 Å². The second-order valence-electron chi connectivity index (χ2n) is 11.6. The van der Waals surface area contributed by atoms with Gasteiger partial charge in [0.1, 0.15) is 0 Å². The molecule has 5 aromatic rings. The molecule has 1 fully saturated rings. The van der Waals surface area contributed by atoms with E-state index in [2.05, 4.69) is 33.2 Å². The van der Waals surface area contributed by atoms with E-state index in [9.17, 15) is 9.59 Å². The van der Waals surface area contributed by atoms with Crippen LogP contribution in [0.15, 0.2) is 60.9 Å². The van der Waals surface area contributed by atoms with Gasteiger partial charge < -0.3 is 25.6 Å². The molecule has 234 valence electrons. The van der Waals surface area contributed by atoms with Gasteiger partial charge in [-0.05, 0) is 66.8 Å². The number of aryl methyl sites for hydroxylation is 1. The lowest BCUT2D eigenvalue weighted by atomic mass is 9.93. The molecule has 3 aromatic heterocycles. The Morgan fingerprint density at radius 2 is 1.74 bits per heavy atom. The van der Waals surface area contributed by atoms with Gasteiger partial charge in [-0.25, -0.2) is 19.9 Å². The highest BCUT2D eigenvalue weighted by atomic mass is 32.1. The number of ether oxygens (including phenoxy) is 1. The van der Waals surface area contributed by atoms with Crippen molar-refractivity contribution in [3.8, 4) is 22.5 Å². The third-order valence-electron chi connectivity index (χ3n) is 8.50. The maximum Gasteiger partial charge on any atom is 0.251 e. The summed E-state index contributed by atoms with van der Waals surface area (Å²) in [5, 5.41) is 3.07. The Morgan fingerprint density at radius 1 is 1.00 bits per heavy atom. The van der Waals surface area contributed by atoms with E-state index in [0.29, 0.717) is 36.7 Å². The number of carbonyl (C=O) groups is 2. The fourth-order valence-corrected chi connectivity index (χ4v) is 7.17. The average molecular weight is 635 g/mol. The molecule has 11 nitrogen and oxygen atoms in total. The summed E-state index contributed by atoms with van der Waals surface area (Å²) < 4.78 is 6.53. The highest BCUT2D eigenvalue weighted by Crippen LogP contribution is 2.36. The lowest BCUT2D eigenvalue weighted by Crippen LogP contribution is -2.40. The Labute approximate surface area is 270 Å². The molecule has 0 unspecified atom stereocenters. The minimum atomic E-state index is -0.153. The van der Waals surface area contributed by atoms with Crippen LogP contribution in [0.25, 0.3) is 32.7 Å². The van der Waals surface area contributed by atoms with Crippen LogP contribution in [0.2, 0.25) is 0 Å². The molecule has 2 aromatic carbocycles. The summed E-state index contributed by atoms with van der Waals surface area (Å²) in [4.78, 5) is 48.4. The number of thiophene rings is 1. The second kappa shape index (κ2) is 12.5. The lowest BCUT2D eigenvalue weighted by Gasteiger charge is -2.34. The quantitative estimate of drug-likeness (QED) is 0.268. The lowest BCUT2D eigenvalue weighted by molar-refractivity contribution is -0.117. The van der Waals surface area contributed by atoms with Crippen molar-refractivity contribution in [2.75, 3.05) is 41.8 Å². The highest BCUT2D eigenvalue weighted by Gasteiger charge is 2.26. The van der Waals surface area contributed by atoms with Crippen molar-refractivity contribution in [3.63, 3.8) is 0 Å². The smallest absolute Gasteiger partial charge is 0.251 e. The van der Waals surface area contributed by atoms with Gasteiger partial charge in [-0.1, -0.05) is 18.2 Å². The number of amides is 2. The van der Waals surface area contributed by atoms with Crippen LogP contribution in [-0.4, -0.2) is 64.1 Å². The maximum absolute atomic E-state index is 13.2. The Balaban J connectivity index is 1.08. The number of fused-ring (bicyclic) bond motifs is 2. The molecule has 0 radical (unpaired) electrons. The van der Waals surface area contributed by atoms with Crippen molar-refractivity contribution in [1.82, 2.24) is 25.3 Å². The third-order valence-corrected chi connectivity index (χ3v) is 9.62. The Hall–Kier alpha value is -4.94. The molecule has 0 saturated carbocycles. The number of carbonyl (C=O) groups excluding carboxylic acids is 2. The van der Waals surface area contributed by atoms with E-state index in [1.807, 2.05) is 47.4 Å². The molecule has 1 atom stereocenters. The van der Waals surface area contributed by atoms with Crippen LogP contribution in [0.4, 0.5) is 17.5 Å². The molecule has 2 aliphatic rings. The summed E-state index contributed by atoms with van der Waals surface area (Å²) in [5.74, 6) is 1.46. The van der Waals surface area contributed by atoms with Gasteiger partial charge >= 0.3 is 0 Å². The van der Waals surface area contributed by atoms with E-state index in [-0.39, 0.29) is 23.8 Å². The molecule has 7 rings (SSSR count). The molecule has 5 heterocycles. The summed E-state index contributed by atoms with van der Waals surface area (Å²) in [6, 6.07) is 16.1. The van der Waals surface area contributed by atoms with E-state index in [0.717, 1.165) is 63.7 Å². The van der Waals surface area contributed by atoms with Crippen LogP contribution >= 0.6 is 11.3 Å². The maximum atomic E-state index is 13.2. The van der Waals surface area contributed by atoms with E-state index in [1.54, 1.807) is 30.7 Å². The molecule has 2 amide bonds. The van der Waals surface area contributed by atoms with E-state index in [4.69, 9.17) is 20.4 Å². The minimum Gasteiger partial charge on any atom is -0.378 e. The zero-order valence-corrected chi connectivity index (χ0v) is 26.5. The topological polar surface area (TPSA) is 139 Å². The van der Waals surface area contributed by atoms with E-state index < -0.39 is 0 Å². The first-order chi connectivity index (χ1) is 22.3. The van der Waals surface area contributed by atoms with Crippen molar-refractivity contribution in [2.45, 2.75) is 39.3 Å². The predicted molar refractivity (Wildman–Crippen MR) is 180 cm³/mol. The average Bonchev–Trinajstić information content (AvgIpc) is 3.50. The van der Waals surface area contributed by atoms with Gasteiger partial charge in [0.25, 0.3) is 5.91 Å². The fraction of sp³-hybridized carbons (Fsp3) is 0.294. The molecule has 0 aliphatic carbocycles. The van der Waals surface area contributed by atoms with Gasteiger partial charge in [-0.15, -0.1) is 11.3 Å². The number of benzene rings is 2. The van der Waals surface area contributed by atoms with Gasteiger partial charge in [-0.2, -0.15) is 0 Å². The molecule has 0 spiro atoms. The van der Waals surface area contributed by atoms with Gasteiger partial charge in [0.2, 0.25) is 11.9 Å². The first-order valence-electron chi connectivity index (χ1n) is 15.4. The van der Waals surface area contributed by atoms with Gasteiger partial charge in [0.15, 0.2) is 11.6 Å². The summed E-state index contributed by atoms with van der Waals surface area (Å²) in [7, 11) is 0.